The third kappa shape index (κ3) is 3.30. The topological polar surface area (TPSA) is 47.7 Å². The van der Waals surface area contributed by atoms with Crippen LogP contribution in [0.2, 0.25) is 0 Å². The van der Waals surface area contributed by atoms with E-state index in [4.69, 9.17) is 15.2 Å². The zero-order valence-corrected chi connectivity index (χ0v) is 12.6. The van der Waals surface area contributed by atoms with Gasteiger partial charge in [0, 0.05) is 33.4 Å². The van der Waals surface area contributed by atoms with Crippen LogP contribution in [0.5, 0.6) is 0 Å². The molecule has 0 bridgehead atoms. The lowest BCUT2D eigenvalue weighted by Gasteiger charge is -2.50. The molecule has 1 saturated carbocycles. The lowest BCUT2D eigenvalue weighted by Crippen LogP contribution is -2.62. The predicted octanol–water partition coefficient (Wildman–Crippen LogP) is 1.63. The van der Waals surface area contributed by atoms with Crippen molar-refractivity contribution in [3.63, 3.8) is 0 Å². The van der Waals surface area contributed by atoms with Gasteiger partial charge >= 0.3 is 0 Å². The van der Waals surface area contributed by atoms with E-state index in [1.807, 2.05) is 7.11 Å². The van der Waals surface area contributed by atoms with E-state index in [9.17, 15) is 0 Å². The molecule has 1 aliphatic heterocycles. The number of ether oxygens (including phenoxy) is 2. The molecule has 19 heavy (non-hydrogen) atoms. The molecule has 2 rings (SSSR count). The van der Waals surface area contributed by atoms with Gasteiger partial charge in [0.05, 0.1) is 11.6 Å². The summed E-state index contributed by atoms with van der Waals surface area (Å²) in [6.07, 6.45) is 7.51. The summed E-state index contributed by atoms with van der Waals surface area (Å²) in [5, 5.41) is 0. The van der Waals surface area contributed by atoms with E-state index in [1.54, 1.807) is 0 Å². The Morgan fingerprint density at radius 2 is 2.00 bits per heavy atom. The van der Waals surface area contributed by atoms with Crippen LogP contribution in [0.1, 0.15) is 38.5 Å². The van der Waals surface area contributed by atoms with Crippen LogP contribution < -0.4 is 5.73 Å². The van der Waals surface area contributed by atoms with Crippen molar-refractivity contribution in [3.05, 3.63) is 0 Å². The highest BCUT2D eigenvalue weighted by molar-refractivity contribution is 5.00. The average molecular weight is 270 g/mol. The fourth-order valence-corrected chi connectivity index (χ4v) is 3.85. The van der Waals surface area contributed by atoms with Gasteiger partial charge in [0.1, 0.15) is 0 Å². The van der Waals surface area contributed by atoms with Gasteiger partial charge in [-0.3, -0.25) is 4.90 Å². The van der Waals surface area contributed by atoms with Crippen molar-refractivity contribution in [1.29, 1.82) is 0 Å². The molecule has 0 aromatic rings. The van der Waals surface area contributed by atoms with Gasteiger partial charge in [-0.1, -0.05) is 12.8 Å². The molecule has 2 fully saturated rings. The summed E-state index contributed by atoms with van der Waals surface area (Å²) in [4.78, 5) is 2.50. The molecule has 2 aliphatic rings. The highest BCUT2D eigenvalue weighted by atomic mass is 16.5. The number of nitrogens with zero attached hydrogens (tertiary/aromatic N) is 1. The van der Waals surface area contributed by atoms with Crippen LogP contribution in [0.15, 0.2) is 0 Å². The van der Waals surface area contributed by atoms with Crippen molar-refractivity contribution in [3.8, 4) is 0 Å². The molecule has 0 amide bonds. The van der Waals surface area contributed by atoms with E-state index in [-0.39, 0.29) is 11.6 Å². The monoisotopic (exact) mass is 270 g/mol. The average Bonchev–Trinajstić information content (AvgIpc) is 2.47. The maximum absolute atomic E-state index is 6.16. The molecule has 2 N–H and O–H groups in total. The van der Waals surface area contributed by atoms with Crippen LogP contribution in [0.4, 0.5) is 0 Å². The maximum atomic E-state index is 6.16. The van der Waals surface area contributed by atoms with Crippen molar-refractivity contribution in [2.24, 2.45) is 11.7 Å². The number of hydrogen-bond donors (Lipinski definition) is 1. The molecule has 0 spiro atoms. The highest BCUT2D eigenvalue weighted by Gasteiger charge is 2.43. The normalized spacial score (nSPS) is 33.8. The second-order valence-corrected chi connectivity index (χ2v) is 6.21. The fraction of sp³-hybridized carbons (Fsp3) is 1.00. The van der Waals surface area contributed by atoms with Gasteiger partial charge in [0.15, 0.2) is 0 Å². The molecule has 4 nitrogen and oxygen atoms in total. The van der Waals surface area contributed by atoms with Crippen molar-refractivity contribution in [2.75, 3.05) is 40.5 Å². The number of rotatable bonds is 5. The van der Waals surface area contributed by atoms with E-state index in [2.05, 4.69) is 11.9 Å². The molecular formula is C15H30N2O2. The predicted molar refractivity (Wildman–Crippen MR) is 77.2 cm³/mol. The van der Waals surface area contributed by atoms with E-state index in [0.717, 1.165) is 32.1 Å². The minimum atomic E-state index is 0.0469. The van der Waals surface area contributed by atoms with Gasteiger partial charge < -0.3 is 15.2 Å². The first-order chi connectivity index (χ1) is 9.23. The smallest absolute Gasteiger partial charge is 0.0767 e. The molecular weight excluding hydrogens is 240 g/mol. The van der Waals surface area contributed by atoms with Crippen LogP contribution >= 0.6 is 0 Å². The molecule has 0 aromatic heterocycles. The fourth-order valence-electron chi connectivity index (χ4n) is 3.85. The molecule has 4 heteroatoms. The first-order valence-electron chi connectivity index (χ1n) is 7.75. The van der Waals surface area contributed by atoms with Crippen LogP contribution in [0.3, 0.4) is 0 Å². The third-order valence-corrected chi connectivity index (χ3v) is 5.20. The van der Waals surface area contributed by atoms with Gasteiger partial charge in [0.2, 0.25) is 0 Å². The van der Waals surface area contributed by atoms with Crippen molar-refractivity contribution >= 4 is 0 Å². The standard InChI is InChI=1S/C15H30N2O2/c1-17(11-13-6-9-19-10-7-13)15(12-16)8-4-3-5-14(15)18-2/h13-14H,3-12,16H2,1-2H3. The van der Waals surface area contributed by atoms with Gasteiger partial charge in [-0.15, -0.1) is 0 Å². The first-order valence-corrected chi connectivity index (χ1v) is 7.75. The summed E-state index contributed by atoms with van der Waals surface area (Å²) in [6, 6.07) is 0. The Morgan fingerprint density at radius 1 is 1.26 bits per heavy atom. The van der Waals surface area contributed by atoms with Crippen LogP contribution in [-0.4, -0.2) is 57.0 Å². The van der Waals surface area contributed by atoms with Crippen molar-refractivity contribution in [2.45, 2.75) is 50.2 Å². The van der Waals surface area contributed by atoms with Gasteiger partial charge in [0.25, 0.3) is 0 Å². The zero-order valence-electron chi connectivity index (χ0n) is 12.6. The third-order valence-electron chi connectivity index (χ3n) is 5.20. The molecule has 2 unspecified atom stereocenters. The van der Waals surface area contributed by atoms with E-state index in [1.165, 1.54) is 32.1 Å². The summed E-state index contributed by atoms with van der Waals surface area (Å²) >= 11 is 0. The molecule has 112 valence electrons. The molecule has 0 aromatic carbocycles. The van der Waals surface area contributed by atoms with Gasteiger partial charge in [-0.2, -0.15) is 0 Å². The van der Waals surface area contributed by atoms with Crippen molar-refractivity contribution < 1.29 is 9.47 Å². The summed E-state index contributed by atoms with van der Waals surface area (Å²) in [6.45, 7) is 3.66. The Morgan fingerprint density at radius 3 is 2.63 bits per heavy atom. The van der Waals surface area contributed by atoms with E-state index >= 15 is 0 Å². The SMILES string of the molecule is COC1CCCCC1(CN)N(C)CC1CCOCC1. The summed E-state index contributed by atoms with van der Waals surface area (Å²) in [5.74, 6) is 0.751. The minimum Gasteiger partial charge on any atom is -0.381 e. The summed E-state index contributed by atoms with van der Waals surface area (Å²) in [5.41, 5.74) is 6.21. The lowest BCUT2D eigenvalue weighted by atomic mass is 9.77. The molecule has 1 heterocycles. The van der Waals surface area contributed by atoms with Crippen molar-refractivity contribution in [1.82, 2.24) is 4.90 Å². The Labute approximate surface area is 117 Å². The summed E-state index contributed by atoms with van der Waals surface area (Å²) < 4.78 is 11.2. The molecule has 2 atom stereocenters. The quantitative estimate of drug-likeness (QED) is 0.825. The minimum absolute atomic E-state index is 0.0469. The molecule has 1 saturated heterocycles. The lowest BCUT2D eigenvalue weighted by molar-refractivity contribution is -0.0746. The molecule has 1 aliphatic carbocycles. The highest BCUT2D eigenvalue weighted by Crippen LogP contribution is 2.35. The second kappa shape index (κ2) is 7.02. The van der Waals surface area contributed by atoms with Gasteiger partial charge in [-0.25, -0.2) is 0 Å². The zero-order chi connectivity index (χ0) is 13.7. The number of methoxy groups -OCH3 is 1. The summed E-state index contributed by atoms with van der Waals surface area (Å²) in [7, 11) is 4.07. The first kappa shape index (κ1) is 15.2. The number of hydrogen-bond acceptors (Lipinski definition) is 4. The van der Waals surface area contributed by atoms with E-state index < -0.39 is 0 Å². The van der Waals surface area contributed by atoms with E-state index in [0.29, 0.717) is 6.54 Å². The Kier molecular flexibility index (Phi) is 5.63. The maximum Gasteiger partial charge on any atom is 0.0767 e. The Bertz CT molecular complexity index is 269. The Balaban J connectivity index is 2.01. The van der Waals surface area contributed by atoms with Crippen LogP contribution in [0, 0.1) is 5.92 Å². The molecule has 0 radical (unpaired) electrons. The van der Waals surface area contributed by atoms with Crippen LogP contribution in [0.25, 0.3) is 0 Å². The van der Waals surface area contributed by atoms with Gasteiger partial charge in [-0.05, 0) is 38.6 Å². The number of nitrogens with two attached hydrogens (primary N) is 1. The largest absolute Gasteiger partial charge is 0.381 e. The Hall–Kier alpha value is -0.160. The van der Waals surface area contributed by atoms with Crippen LogP contribution in [-0.2, 0) is 9.47 Å². The number of likely N-dealkylation sites (N-methyl/N-ethyl adjacent to an activating group) is 1. The second-order valence-electron chi connectivity index (χ2n) is 6.21.